The van der Waals surface area contributed by atoms with Crippen LogP contribution < -0.4 is 0 Å². The second-order valence-corrected chi connectivity index (χ2v) is 5.68. The fourth-order valence-corrected chi connectivity index (χ4v) is 3.10. The van der Waals surface area contributed by atoms with Crippen LogP contribution in [0.2, 0.25) is 0 Å². The van der Waals surface area contributed by atoms with Crippen molar-refractivity contribution in [1.29, 1.82) is 0 Å². The molecule has 6 nitrogen and oxygen atoms in total. The third kappa shape index (κ3) is 3.62. The monoisotopic (exact) mass is 284 g/mol. The average Bonchev–Trinajstić information content (AvgIpc) is 2.46. The highest BCUT2D eigenvalue weighted by molar-refractivity contribution is 5.76. The number of aliphatic carboxylic acids is 1. The van der Waals surface area contributed by atoms with Crippen LogP contribution in [0.3, 0.4) is 0 Å². The van der Waals surface area contributed by atoms with E-state index in [9.17, 15) is 9.59 Å². The van der Waals surface area contributed by atoms with Crippen molar-refractivity contribution in [3.8, 4) is 0 Å². The lowest BCUT2D eigenvalue weighted by atomic mass is 9.99. The molecule has 2 aliphatic heterocycles. The van der Waals surface area contributed by atoms with Gasteiger partial charge in [-0.3, -0.25) is 4.79 Å². The van der Waals surface area contributed by atoms with E-state index < -0.39 is 5.97 Å². The topological polar surface area (TPSA) is 70.1 Å². The highest BCUT2D eigenvalue weighted by Gasteiger charge is 2.32. The zero-order valence-corrected chi connectivity index (χ0v) is 12.1. The van der Waals surface area contributed by atoms with Crippen LogP contribution in [-0.2, 0) is 9.53 Å². The molecule has 1 unspecified atom stereocenters. The molecule has 2 saturated heterocycles. The van der Waals surface area contributed by atoms with Gasteiger partial charge in [0.1, 0.15) is 0 Å². The van der Waals surface area contributed by atoms with Gasteiger partial charge in [-0.05, 0) is 32.1 Å². The van der Waals surface area contributed by atoms with Crippen molar-refractivity contribution >= 4 is 12.0 Å². The largest absolute Gasteiger partial charge is 0.481 e. The van der Waals surface area contributed by atoms with Crippen LogP contribution >= 0.6 is 0 Å². The molecule has 0 radical (unpaired) electrons. The summed E-state index contributed by atoms with van der Waals surface area (Å²) < 4.78 is 5.32. The number of urea groups is 1. The predicted molar refractivity (Wildman–Crippen MR) is 73.6 cm³/mol. The van der Waals surface area contributed by atoms with Gasteiger partial charge in [0.25, 0.3) is 0 Å². The molecule has 2 aliphatic rings. The molecular weight excluding hydrogens is 260 g/mol. The van der Waals surface area contributed by atoms with E-state index in [1.165, 1.54) is 0 Å². The Hall–Kier alpha value is -1.30. The van der Waals surface area contributed by atoms with E-state index in [1.807, 2.05) is 7.05 Å². The van der Waals surface area contributed by atoms with Crippen LogP contribution in [0.25, 0.3) is 0 Å². The number of nitrogens with zero attached hydrogens (tertiary/aromatic N) is 2. The van der Waals surface area contributed by atoms with Crippen LogP contribution in [0.4, 0.5) is 4.79 Å². The number of amides is 2. The van der Waals surface area contributed by atoms with Gasteiger partial charge < -0.3 is 19.6 Å². The molecule has 0 bridgehead atoms. The molecule has 0 saturated carbocycles. The van der Waals surface area contributed by atoms with Crippen molar-refractivity contribution in [2.24, 2.45) is 0 Å². The second-order valence-electron chi connectivity index (χ2n) is 5.68. The summed E-state index contributed by atoms with van der Waals surface area (Å²) in [6, 6.07) is 0.0301. The summed E-state index contributed by atoms with van der Waals surface area (Å²) in [6.07, 6.45) is 4.53. The van der Waals surface area contributed by atoms with Crippen molar-refractivity contribution in [3.05, 3.63) is 0 Å². The van der Waals surface area contributed by atoms with E-state index in [4.69, 9.17) is 9.84 Å². The highest BCUT2D eigenvalue weighted by atomic mass is 16.5. The van der Waals surface area contributed by atoms with E-state index in [2.05, 4.69) is 0 Å². The standard InChI is InChI=1S/C14H24N2O4/c1-15(11-5-8-20-9-6-11)14(19)16-7-3-2-4-12(16)10-13(17)18/h11-12H,2-10H2,1H3,(H,17,18). The number of hydrogen-bond acceptors (Lipinski definition) is 3. The number of likely N-dealkylation sites (tertiary alicyclic amines) is 1. The Labute approximate surface area is 119 Å². The van der Waals surface area contributed by atoms with E-state index in [-0.39, 0.29) is 24.5 Å². The van der Waals surface area contributed by atoms with Crippen molar-refractivity contribution in [1.82, 2.24) is 9.80 Å². The summed E-state index contributed by atoms with van der Waals surface area (Å²) in [5, 5.41) is 8.98. The lowest BCUT2D eigenvalue weighted by Gasteiger charge is -2.40. The number of hydrogen-bond donors (Lipinski definition) is 1. The van der Waals surface area contributed by atoms with E-state index in [0.717, 1.165) is 32.1 Å². The summed E-state index contributed by atoms with van der Waals surface area (Å²) in [4.78, 5) is 27.1. The minimum Gasteiger partial charge on any atom is -0.481 e. The molecule has 0 aromatic carbocycles. The van der Waals surface area contributed by atoms with Crippen LogP contribution in [0.5, 0.6) is 0 Å². The Morgan fingerprint density at radius 2 is 1.95 bits per heavy atom. The third-order valence-electron chi connectivity index (χ3n) is 4.32. The molecular formula is C14H24N2O4. The average molecular weight is 284 g/mol. The molecule has 114 valence electrons. The molecule has 2 amide bonds. The van der Waals surface area contributed by atoms with Crippen molar-refractivity contribution in [2.45, 2.75) is 50.6 Å². The number of rotatable bonds is 3. The summed E-state index contributed by atoms with van der Waals surface area (Å²) in [5.41, 5.74) is 0. The molecule has 2 fully saturated rings. The lowest BCUT2D eigenvalue weighted by Crippen LogP contribution is -2.53. The van der Waals surface area contributed by atoms with E-state index >= 15 is 0 Å². The first kappa shape index (κ1) is 15.1. The van der Waals surface area contributed by atoms with Crippen molar-refractivity contribution in [2.75, 3.05) is 26.8 Å². The van der Waals surface area contributed by atoms with Gasteiger partial charge in [-0.1, -0.05) is 0 Å². The van der Waals surface area contributed by atoms with E-state index in [1.54, 1.807) is 9.80 Å². The minimum atomic E-state index is -0.830. The molecule has 1 N–H and O–H groups in total. The maximum Gasteiger partial charge on any atom is 0.320 e. The molecule has 1 atom stereocenters. The van der Waals surface area contributed by atoms with Gasteiger partial charge in [0.15, 0.2) is 0 Å². The van der Waals surface area contributed by atoms with Crippen molar-refractivity contribution < 1.29 is 19.4 Å². The Bertz CT molecular complexity index is 355. The minimum absolute atomic E-state index is 0.0251. The quantitative estimate of drug-likeness (QED) is 0.853. The van der Waals surface area contributed by atoms with Crippen molar-refractivity contribution in [3.63, 3.8) is 0 Å². The highest BCUT2D eigenvalue weighted by Crippen LogP contribution is 2.23. The molecule has 0 aromatic heterocycles. The Morgan fingerprint density at radius 3 is 2.60 bits per heavy atom. The fourth-order valence-electron chi connectivity index (χ4n) is 3.10. The zero-order chi connectivity index (χ0) is 14.5. The van der Waals surface area contributed by atoms with Crippen LogP contribution in [0.15, 0.2) is 0 Å². The smallest absolute Gasteiger partial charge is 0.320 e. The Balaban J connectivity index is 1.98. The number of carbonyl (C=O) groups is 2. The summed E-state index contributed by atoms with van der Waals surface area (Å²) in [6.45, 7) is 2.06. The van der Waals surface area contributed by atoms with Gasteiger partial charge >= 0.3 is 12.0 Å². The first-order valence-electron chi connectivity index (χ1n) is 7.42. The Kier molecular flexibility index (Phi) is 5.23. The molecule has 2 rings (SSSR count). The first-order chi connectivity index (χ1) is 9.59. The maximum atomic E-state index is 12.6. The number of carboxylic acids is 1. The van der Waals surface area contributed by atoms with Gasteiger partial charge in [0.2, 0.25) is 0 Å². The summed E-state index contributed by atoms with van der Waals surface area (Å²) in [5.74, 6) is -0.830. The fraction of sp³-hybridized carbons (Fsp3) is 0.857. The maximum absolute atomic E-state index is 12.6. The molecule has 0 aliphatic carbocycles. The lowest BCUT2D eigenvalue weighted by molar-refractivity contribution is -0.138. The molecule has 0 spiro atoms. The number of ether oxygens (including phenoxy) is 1. The van der Waals surface area contributed by atoms with Crippen LogP contribution in [-0.4, -0.2) is 65.8 Å². The number of carbonyl (C=O) groups excluding carboxylic acids is 1. The van der Waals surface area contributed by atoms with Gasteiger partial charge in [-0.2, -0.15) is 0 Å². The molecule has 2 heterocycles. The van der Waals surface area contributed by atoms with Crippen LogP contribution in [0.1, 0.15) is 38.5 Å². The van der Waals surface area contributed by atoms with Gasteiger partial charge in [0, 0.05) is 38.9 Å². The third-order valence-corrected chi connectivity index (χ3v) is 4.32. The van der Waals surface area contributed by atoms with Gasteiger partial charge in [-0.15, -0.1) is 0 Å². The number of carboxylic acid groups (broad SMARTS) is 1. The molecule has 0 aromatic rings. The SMILES string of the molecule is CN(C(=O)N1CCCCC1CC(=O)O)C1CCOCC1. The van der Waals surface area contributed by atoms with Gasteiger partial charge in [0.05, 0.1) is 6.42 Å². The van der Waals surface area contributed by atoms with Crippen LogP contribution in [0, 0.1) is 0 Å². The predicted octanol–water partition coefficient (Wildman–Crippen LogP) is 1.55. The molecule has 20 heavy (non-hydrogen) atoms. The van der Waals surface area contributed by atoms with E-state index in [0.29, 0.717) is 19.8 Å². The second kappa shape index (κ2) is 6.92. The summed E-state index contributed by atoms with van der Waals surface area (Å²) in [7, 11) is 1.82. The van der Waals surface area contributed by atoms with Gasteiger partial charge in [-0.25, -0.2) is 4.79 Å². The Morgan fingerprint density at radius 1 is 1.25 bits per heavy atom. The normalized spacial score (nSPS) is 24.4. The molecule has 6 heteroatoms. The zero-order valence-electron chi connectivity index (χ0n) is 12.1. The summed E-state index contributed by atoms with van der Waals surface area (Å²) >= 11 is 0. The first-order valence-corrected chi connectivity index (χ1v) is 7.42. The number of piperidine rings is 1.